The van der Waals surface area contributed by atoms with Crippen molar-refractivity contribution in [1.82, 2.24) is 10.2 Å². The van der Waals surface area contributed by atoms with Crippen molar-refractivity contribution in [3.05, 3.63) is 45.8 Å². The van der Waals surface area contributed by atoms with E-state index in [9.17, 15) is 10.1 Å². The molecule has 1 heterocycles. The highest BCUT2D eigenvalue weighted by molar-refractivity contribution is 7.98. The van der Waals surface area contributed by atoms with Gasteiger partial charge < -0.3 is 4.42 Å². The molecule has 1 aliphatic rings. The maximum Gasteiger partial charge on any atom is 0.276 e. The molecule has 1 aliphatic carbocycles. The molecule has 1 fully saturated rings. The molecule has 0 unspecified atom stereocenters. The molecule has 3 rings (SSSR count). The predicted octanol–water partition coefficient (Wildman–Crippen LogP) is 4.32. The quantitative estimate of drug-likeness (QED) is 0.464. The van der Waals surface area contributed by atoms with Crippen LogP contribution in [-0.2, 0) is 5.75 Å². The number of nitro benzene ring substituents is 1. The molecule has 0 aliphatic heterocycles. The second-order valence-electron chi connectivity index (χ2n) is 5.42. The molecule has 0 bridgehead atoms. The third kappa shape index (κ3) is 3.47. The first-order valence-corrected chi connectivity index (χ1v) is 8.41. The van der Waals surface area contributed by atoms with E-state index in [0.717, 1.165) is 12.8 Å². The van der Waals surface area contributed by atoms with Crippen LogP contribution < -0.4 is 0 Å². The van der Waals surface area contributed by atoms with Gasteiger partial charge in [-0.3, -0.25) is 10.1 Å². The minimum absolute atomic E-state index is 0.127. The van der Waals surface area contributed by atoms with Gasteiger partial charge >= 0.3 is 0 Å². The molecule has 2 aromatic rings. The summed E-state index contributed by atoms with van der Waals surface area (Å²) in [6.07, 6.45) is 5.92. The second kappa shape index (κ2) is 6.91. The number of thioether (sulfide) groups is 1. The van der Waals surface area contributed by atoms with Crippen molar-refractivity contribution in [2.45, 2.75) is 49.0 Å². The van der Waals surface area contributed by atoms with E-state index in [1.807, 2.05) is 0 Å². The fourth-order valence-electron chi connectivity index (χ4n) is 2.74. The summed E-state index contributed by atoms with van der Waals surface area (Å²) in [5, 5.41) is 19.7. The first-order chi connectivity index (χ1) is 10.7. The van der Waals surface area contributed by atoms with Crippen LogP contribution in [0, 0.1) is 10.1 Å². The van der Waals surface area contributed by atoms with Crippen LogP contribution in [0.3, 0.4) is 0 Å². The lowest BCUT2D eigenvalue weighted by molar-refractivity contribution is -0.385. The summed E-state index contributed by atoms with van der Waals surface area (Å²) in [7, 11) is 0. The monoisotopic (exact) mass is 319 g/mol. The van der Waals surface area contributed by atoms with Crippen LogP contribution >= 0.6 is 11.8 Å². The van der Waals surface area contributed by atoms with Crippen molar-refractivity contribution in [3.63, 3.8) is 0 Å². The summed E-state index contributed by atoms with van der Waals surface area (Å²) >= 11 is 1.35. The van der Waals surface area contributed by atoms with Gasteiger partial charge in [0.2, 0.25) is 5.89 Å². The zero-order valence-electron chi connectivity index (χ0n) is 12.1. The number of benzene rings is 1. The van der Waals surface area contributed by atoms with E-state index in [1.54, 1.807) is 18.2 Å². The van der Waals surface area contributed by atoms with Crippen LogP contribution in [0.25, 0.3) is 0 Å². The Hall–Kier alpha value is -1.89. The van der Waals surface area contributed by atoms with E-state index in [1.165, 1.54) is 37.1 Å². The molecule has 0 radical (unpaired) electrons. The Bertz CT molecular complexity index is 653. The lowest BCUT2D eigenvalue weighted by Gasteiger charge is -2.17. The van der Waals surface area contributed by atoms with Crippen molar-refractivity contribution < 1.29 is 9.34 Å². The Morgan fingerprint density at radius 3 is 2.77 bits per heavy atom. The summed E-state index contributed by atoms with van der Waals surface area (Å²) in [6.45, 7) is 0. The summed E-state index contributed by atoms with van der Waals surface area (Å²) in [5.74, 6) is 1.54. The van der Waals surface area contributed by atoms with Crippen LogP contribution in [-0.4, -0.2) is 15.1 Å². The van der Waals surface area contributed by atoms with Crippen molar-refractivity contribution in [2.24, 2.45) is 0 Å². The number of aromatic nitrogens is 2. The van der Waals surface area contributed by atoms with Gasteiger partial charge in [0.25, 0.3) is 10.9 Å². The Morgan fingerprint density at radius 1 is 1.23 bits per heavy atom. The van der Waals surface area contributed by atoms with E-state index in [4.69, 9.17) is 4.42 Å². The molecule has 1 saturated carbocycles. The molecule has 0 atom stereocenters. The third-order valence-electron chi connectivity index (χ3n) is 3.92. The zero-order chi connectivity index (χ0) is 15.4. The lowest BCUT2D eigenvalue weighted by atomic mass is 9.89. The van der Waals surface area contributed by atoms with Crippen LogP contribution in [0.2, 0.25) is 0 Å². The Morgan fingerprint density at radius 2 is 2.00 bits per heavy atom. The Balaban J connectivity index is 1.65. The fourth-order valence-corrected chi connectivity index (χ4v) is 3.51. The van der Waals surface area contributed by atoms with Crippen LogP contribution in [0.4, 0.5) is 5.69 Å². The second-order valence-corrected chi connectivity index (χ2v) is 6.34. The summed E-state index contributed by atoms with van der Waals surface area (Å²) in [4.78, 5) is 10.6. The van der Waals surface area contributed by atoms with Crippen molar-refractivity contribution in [2.75, 3.05) is 0 Å². The van der Waals surface area contributed by atoms with Gasteiger partial charge in [-0.15, -0.1) is 10.2 Å². The molecule has 1 aromatic heterocycles. The fraction of sp³-hybridized carbons (Fsp3) is 0.467. The number of para-hydroxylation sites is 1. The highest BCUT2D eigenvalue weighted by atomic mass is 32.2. The topological polar surface area (TPSA) is 82.1 Å². The number of nitrogens with zero attached hydrogens (tertiary/aromatic N) is 3. The van der Waals surface area contributed by atoms with E-state index in [2.05, 4.69) is 10.2 Å². The number of nitro groups is 1. The maximum absolute atomic E-state index is 11.0. The maximum atomic E-state index is 11.0. The number of rotatable bonds is 5. The Labute approximate surface area is 132 Å². The van der Waals surface area contributed by atoms with Crippen molar-refractivity contribution >= 4 is 17.4 Å². The minimum atomic E-state index is -0.364. The highest BCUT2D eigenvalue weighted by Gasteiger charge is 2.21. The van der Waals surface area contributed by atoms with Crippen molar-refractivity contribution in [3.8, 4) is 0 Å². The largest absolute Gasteiger partial charge is 0.416 e. The van der Waals surface area contributed by atoms with Gasteiger partial charge in [0.1, 0.15) is 0 Å². The molecule has 0 saturated heterocycles. The Kier molecular flexibility index (Phi) is 4.72. The van der Waals surface area contributed by atoms with E-state index in [0.29, 0.717) is 28.3 Å². The molecular weight excluding hydrogens is 302 g/mol. The summed E-state index contributed by atoms with van der Waals surface area (Å²) in [6, 6.07) is 6.73. The van der Waals surface area contributed by atoms with Gasteiger partial charge in [-0.2, -0.15) is 0 Å². The van der Waals surface area contributed by atoms with Gasteiger partial charge in [0, 0.05) is 23.3 Å². The smallest absolute Gasteiger partial charge is 0.276 e. The first-order valence-electron chi connectivity index (χ1n) is 7.42. The van der Waals surface area contributed by atoms with Gasteiger partial charge in [0.15, 0.2) is 0 Å². The molecule has 7 heteroatoms. The molecule has 116 valence electrons. The lowest BCUT2D eigenvalue weighted by Crippen LogP contribution is -2.04. The summed E-state index contributed by atoms with van der Waals surface area (Å²) < 4.78 is 5.72. The highest BCUT2D eigenvalue weighted by Crippen LogP contribution is 2.34. The van der Waals surface area contributed by atoms with Gasteiger partial charge in [-0.1, -0.05) is 49.2 Å². The first kappa shape index (κ1) is 15.0. The van der Waals surface area contributed by atoms with Gasteiger partial charge in [-0.25, -0.2) is 0 Å². The van der Waals surface area contributed by atoms with Gasteiger partial charge in [-0.05, 0) is 12.8 Å². The van der Waals surface area contributed by atoms with E-state index in [-0.39, 0.29) is 10.6 Å². The van der Waals surface area contributed by atoms with Crippen LogP contribution in [0.1, 0.15) is 49.5 Å². The van der Waals surface area contributed by atoms with E-state index < -0.39 is 0 Å². The zero-order valence-corrected chi connectivity index (χ0v) is 12.9. The molecule has 6 nitrogen and oxygen atoms in total. The molecular formula is C15H17N3O3S. The summed E-state index contributed by atoms with van der Waals surface area (Å²) in [5.41, 5.74) is 0.789. The molecule has 22 heavy (non-hydrogen) atoms. The van der Waals surface area contributed by atoms with Gasteiger partial charge in [0.05, 0.1) is 4.92 Å². The minimum Gasteiger partial charge on any atom is -0.416 e. The standard InChI is InChI=1S/C15H17N3O3S/c19-18(20)13-9-5-4-8-12(13)10-22-15-17-16-14(21-15)11-6-2-1-3-7-11/h4-5,8-9,11H,1-3,6-7,10H2. The SMILES string of the molecule is O=[N+]([O-])c1ccccc1CSc1nnc(C2CCCCC2)o1. The molecule has 0 N–H and O–H groups in total. The van der Waals surface area contributed by atoms with Crippen LogP contribution in [0.15, 0.2) is 33.9 Å². The average Bonchev–Trinajstić information content (AvgIpc) is 3.03. The average molecular weight is 319 g/mol. The molecule has 1 aromatic carbocycles. The number of hydrogen-bond acceptors (Lipinski definition) is 6. The van der Waals surface area contributed by atoms with E-state index >= 15 is 0 Å². The predicted molar refractivity (Wildman–Crippen MR) is 82.8 cm³/mol. The third-order valence-corrected chi connectivity index (χ3v) is 4.78. The molecule has 0 spiro atoms. The molecule has 0 amide bonds. The van der Waals surface area contributed by atoms with Crippen molar-refractivity contribution in [1.29, 1.82) is 0 Å². The normalized spacial score (nSPS) is 15.8. The number of hydrogen-bond donors (Lipinski definition) is 0. The van der Waals surface area contributed by atoms with Crippen LogP contribution in [0.5, 0.6) is 0 Å².